The van der Waals surface area contributed by atoms with Crippen LogP contribution in [0.2, 0.25) is 0 Å². The lowest BCUT2D eigenvalue weighted by atomic mass is 10.1. The van der Waals surface area contributed by atoms with Gasteiger partial charge in [0.15, 0.2) is 0 Å². The number of hydrogen-bond donors (Lipinski definition) is 1. The van der Waals surface area contributed by atoms with Crippen molar-refractivity contribution in [2.75, 3.05) is 13.6 Å². The zero-order chi connectivity index (χ0) is 12.7. The van der Waals surface area contributed by atoms with Gasteiger partial charge in [0, 0.05) is 24.7 Å². The molecule has 2 nitrogen and oxygen atoms in total. The average Bonchev–Trinajstić information content (AvgIpc) is 2.88. The fourth-order valence-corrected chi connectivity index (χ4v) is 4.02. The summed E-state index contributed by atoms with van der Waals surface area (Å²) < 4.78 is 0. The van der Waals surface area contributed by atoms with E-state index in [2.05, 4.69) is 55.4 Å². The lowest BCUT2D eigenvalue weighted by Crippen LogP contribution is -2.44. The van der Waals surface area contributed by atoms with Crippen molar-refractivity contribution in [3.63, 3.8) is 0 Å². The highest BCUT2D eigenvalue weighted by Crippen LogP contribution is 2.38. The number of likely N-dealkylation sites (N-methyl/N-ethyl adjacent to an activating group) is 1. The van der Waals surface area contributed by atoms with Crippen LogP contribution in [0.15, 0.2) is 24.3 Å². The Kier molecular flexibility index (Phi) is 3.16. The predicted molar refractivity (Wildman–Crippen MR) is 75.7 cm³/mol. The zero-order valence-corrected chi connectivity index (χ0v) is 11.7. The average molecular weight is 244 g/mol. The Morgan fingerprint density at radius 3 is 2.67 bits per heavy atom. The summed E-state index contributed by atoms with van der Waals surface area (Å²) in [5.41, 5.74) is 3.05. The molecule has 2 aliphatic rings. The van der Waals surface area contributed by atoms with E-state index < -0.39 is 0 Å². The van der Waals surface area contributed by atoms with Gasteiger partial charge in [-0.3, -0.25) is 4.90 Å². The fourth-order valence-electron chi connectivity index (χ4n) is 4.02. The lowest BCUT2D eigenvalue weighted by Gasteiger charge is -2.33. The zero-order valence-electron chi connectivity index (χ0n) is 11.7. The van der Waals surface area contributed by atoms with Gasteiger partial charge in [-0.2, -0.15) is 0 Å². The first-order valence-electron chi connectivity index (χ1n) is 7.21. The summed E-state index contributed by atoms with van der Waals surface area (Å²) in [6.45, 7) is 6.03. The van der Waals surface area contributed by atoms with Crippen molar-refractivity contribution in [1.29, 1.82) is 0 Å². The molecule has 1 saturated heterocycles. The molecule has 1 heterocycles. The molecule has 1 aromatic rings. The highest BCUT2D eigenvalue weighted by Gasteiger charge is 2.40. The summed E-state index contributed by atoms with van der Waals surface area (Å²) in [6, 6.07) is 10.8. The maximum absolute atomic E-state index is 3.54. The molecule has 0 spiro atoms. The second-order valence-corrected chi connectivity index (χ2v) is 6.12. The van der Waals surface area contributed by atoms with Crippen LogP contribution >= 0.6 is 0 Å². The number of likely N-dealkylation sites (tertiary alicyclic amines) is 1. The van der Waals surface area contributed by atoms with Crippen molar-refractivity contribution in [3.05, 3.63) is 35.4 Å². The minimum absolute atomic E-state index is 0.508. The highest BCUT2D eigenvalue weighted by molar-refractivity contribution is 5.37. The molecule has 98 valence electrons. The molecule has 1 aliphatic heterocycles. The molecule has 0 radical (unpaired) electrons. The molecule has 4 atom stereocenters. The summed E-state index contributed by atoms with van der Waals surface area (Å²) in [5.74, 6) is 0.848. The van der Waals surface area contributed by atoms with Crippen molar-refractivity contribution in [2.45, 2.75) is 44.8 Å². The smallest absolute Gasteiger partial charge is 0.0481 e. The van der Waals surface area contributed by atoms with Crippen LogP contribution in [0.5, 0.6) is 0 Å². The molecule has 2 heteroatoms. The van der Waals surface area contributed by atoms with Crippen molar-refractivity contribution in [3.8, 4) is 0 Å². The minimum Gasteiger partial charge on any atom is -0.312 e. The molecule has 3 rings (SSSR count). The van der Waals surface area contributed by atoms with E-state index in [1.54, 1.807) is 0 Å². The summed E-state index contributed by atoms with van der Waals surface area (Å²) in [6.07, 6.45) is 2.56. The topological polar surface area (TPSA) is 15.3 Å². The molecular weight excluding hydrogens is 220 g/mol. The van der Waals surface area contributed by atoms with Crippen molar-refractivity contribution in [1.82, 2.24) is 10.2 Å². The van der Waals surface area contributed by atoms with E-state index in [-0.39, 0.29) is 0 Å². The maximum Gasteiger partial charge on any atom is 0.0481 e. The van der Waals surface area contributed by atoms with E-state index >= 15 is 0 Å². The maximum atomic E-state index is 3.54. The standard InChI is InChI=1S/C16H24N2/c1-11-8-12(2)18(10-11)15-9-13-6-4-5-7-14(13)16(15)17-3/h4-7,11-12,15-17H,8-10H2,1-3H3. The van der Waals surface area contributed by atoms with Crippen LogP contribution in [-0.4, -0.2) is 30.6 Å². The summed E-state index contributed by atoms with van der Waals surface area (Å²) in [4.78, 5) is 2.73. The molecule has 1 aliphatic carbocycles. The van der Waals surface area contributed by atoms with Crippen LogP contribution < -0.4 is 5.32 Å². The Morgan fingerprint density at radius 2 is 2.00 bits per heavy atom. The first-order valence-corrected chi connectivity index (χ1v) is 7.21. The molecule has 1 aromatic carbocycles. The molecular formula is C16H24N2. The van der Waals surface area contributed by atoms with Crippen LogP contribution in [0, 0.1) is 5.92 Å². The number of rotatable bonds is 2. The Bertz CT molecular complexity index is 429. The molecule has 1 fully saturated rings. The Morgan fingerprint density at radius 1 is 1.22 bits per heavy atom. The van der Waals surface area contributed by atoms with Crippen LogP contribution in [0.25, 0.3) is 0 Å². The Labute approximate surface area is 110 Å². The third kappa shape index (κ3) is 1.88. The summed E-state index contributed by atoms with van der Waals surface area (Å²) in [7, 11) is 2.10. The first kappa shape index (κ1) is 12.2. The van der Waals surface area contributed by atoms with Crippen molar-refractivity contribution in [2.24, 2.45) is 5.92 Å². The highest BCUT2D eigenvalue weighted by atomic mass is 15.2. The molecule has 0 aromatic heterocycles. The predicted octanol–water partition coefficient (Wildman–Crippen LogP) is 2.60. The van der Waals surface area contributed by atoms with Crippen molar-refractivity contribution >= 4 is 0 Å². The second-order valence-electron chi connectivity index (χ2n) is 6.12. The monoisotopic (exact) mass is 244 g/mol. The van der Waals surface area contributed by atoms with E-state index in [0.717, 1.165) is 12.0 Å². The molecule has 1 N–H and O–H groups in total. The number of benzene rings is 1. The van der Waals surface area contributed by atoms with E-state index in [1.807, 2.05) is 0 Å². The minimum atomic E-state index is 0.508. The molecule has 18 heavy (non-hydrogen) atoms. The molecule has 0 saturated carbocycles. The van der Waals surface area contributed by atoms with Crippen molar-refractivity contribution < 1.29 is 0 Å². The molecule has 0 bridgehead atoms. The van der Waals surface area contributed by atoms with E-state index in [0.29, 0.717) is 12.1 Å². The molecule has 0 amide bonds. The second kappa shape index (κ2) is 4.67. The van der Waals surface area contributed by atoms with Gasteiger partial charge < -0.3 is 5.32 Å². The number of hydrogen-bond acceptors (Lipinski definition) is 2. The van der Waals surface area contributed by atoms with E-state index in [9.17, 15) is 0 Å². The summed E-state index contributed by atoms with van der Waals surface area (Å²) in [5, 5.41) is 3.54. The third-order valence-corrected chi connectivity index (χ3v) is 4.77. The van der Waals surface area contributed by atoms with Gasteiger partial charge in [-0.05, 0) is 43.9 Å². The van der Waals surface area contributed by atoms with Crippen LogP contribution in [0.1, 0.15) is 37.4 Å². The lowest BCUT2D eigenvalue weighted by molar-refractivity contribution is 0.160. The van der Waals surface area contributed by atoms with Crippen LogP contribution in [-0.2, 0) is 6.42 Å². The van der Waals surface area contributed by atoms with Crippen LogP contribution in [0.3, 0.4) is 0 Å². The van der Waals surface area contributed by atoms with Gasteiger partial charge >= 0.3 is 0 Å². The number of fused-ring (bicyclic) bond motifs is 1. The first-order chi connectivity index (χ1) is 8.70. The van der Waals surface area contributed by atoms with Crippen LogP contribution in [0.4, 0.5) is 0 Å². The van der Waals surface area contributed by atoms with Gasteiger partial charge in [0.05, 0.1) is 0 Å². The SMILES string of the molecule is CNC1c2ccccc2CC1N1CC(C)CC1C. The fraction of sp³-hybridized carbons (Fsp3) is 0.625. The van der Waals surface area contributed by atoms with Gasteiger partial charge in [0.25, 0.3) is 0 Å². The normalized spacial score (nSPS) is 35.9. The largest absolute Gasteiger partial charge is 0.312 e. The number of nitrogens with zero attached hydrogens (tertiary/aromatic N) is 1. The van der Waals surface area contributed by atoms with Gasteiger partial charge in [-0.1, -0.05) is 31.2 Å². The van der Waals surface area contributed by atoms with E-state index in [1.165, 1.54) is 30.5 Å². The molecule has 4 unspecified atom stereocenters. The Balaban J connectivity index is 1.87. The van der Waals surface area contributed by atoms with Gasteiger partial charge in [-0.25, -0.2) is 0 Å². The van der Waals surface area contributed by atoms with Gasteiger partial charge in [0.1, 0.15) is 0 Å². The number of nitrogens with one attached hydrogen (secondary N) is 1. The van der Waals surface area contributed by atoms with E-state index in [4.69, 9.17) is 0 Å². The quantitative estimate of drug-likeness (QED) is 0.860. The Hall–Kier alpha value is -0.860. The van der Waals surface area contributed by atoms with Gasteiger partial charge in [0.2, 0.25) is 0 Å². The van der Waals surface area contributed by atoms with Gasteiger partial charge in [-0.15, -0.1) is 0 Å². The third-order valence-electron chi connectivity index (χ3n) is 4.77. The summed E-state index contributed by atoms with van der Waals surface area (Å²) >= 11 is 0.